The summed E-state index contributed by atoms with van der Waals surface area (Å²) in [5.41, 5.74) is 2.07. The van der Waals surface area contributed by atoms with Crippen molar-refractivity contribution < 1.29 is 14.3 Å². The van der Waals surface area contributed by atoms with Crippen LogP contribution in [0.5, 0.6) is 11.5 Å². The van der Waals surface area contributed by atoms with Gasteiger partial charge in [-0.3, -0.25) is 4.79 Å². The molecule has 6 heteroatoms. The highest BCUT2D eigenvalue weighted by Crippen LogP contribution is 2.33. The largest absolute Gasteiger partial charge is 0.493 e. The summed E-state index contributed by atoms with van der Waals surface area (Å²) in [6, 6.07) is 13.9. The summed E-state index contributed by atoms with van der Waals surface area (Å²) in [5.74, 6) is 1.50. The maximum atomic E-state index is 12.8. The van der Waals surface area contributed by atoms with Gasteiger partial charge >= 0.3 is 0 Å². The molecule has 1 aliphatic heterocycles. The topological polar surface area (TPSA) is 51.7 Å². The fourth-order valence-corrected chi connectivity index (χ4v) is 4.89. The molecule has 5 nitrogen and oxygen atoms in total. The molecule has 2 heterocycles. The summed E-state index contributed by atoms with van der Waals surface area (Å²) in [4.78, 5) is 19.5. The molecule has 0 bridgehead atoms. The van der Waals surface area contributed by atoms with Crippen LogP contribution in [-0.4, -0.2) is 42.6 Å². The molecule has 1 amide bonds. The molecule has 0 radical (unpaired) electrons. The van der Waals surface area contributed by atoms with Crippen molar-refractivity contribution in [3.8, 4) is 11.5 Å². The van der Waals surface area contributed by atoms with E-state index in [1.165, 1.54) is 4.70 Å². The zero-order valence-corrected chi connectivity index (χ0v) is 18.2. The maximum absolute atomic E-state index is 12.8. The van der Waals surface area contributed by atoms with Crippen molar-refractivity contribution in [3.05, 3.63) is 59.1 Å². The zero-order valence-electron chi connectivity index (χ0n) is 17.3. The standard InChI is InChI=1S/C24H26N2O3S/c1-3-7-17-11-12-20(21(14-17)28-2)29-16-23(27)26-13-6-8-18(15-26)24-25-19-9-4-5-10-22(19)30-24/h3-5,7,9-12,14,18H,6,8,13,15-16H2,1-2H3/b7-3+/t18-/m1/s1. The number of amides is 1. The average Bonchev–Trinajstić information content (AvgIpc) is 3.22. The van der Waals surface area contributed by atoms with Crippen LogP contribution in [0.25, 0.3) is 16.3 Å². The highest BCUT2D eigenvalue weighted by atomic mass is 32.1. The van der Waals surface area contributed by atoms with Crippen molar-refractivity contribution in [2.45, 2.75) is 25.7 Å². The van der Waals surface area contributed by atoms with Gasteiger partial charge in [0.1, 0.15) is 0 Å². The van der Waals surface area contributed by atoms with Crippen molar-refractivity contribution in [1.29, 1.82) is 0 Å². The molecule has 30 heavy (non-hydrogen) atoms. The molecular weight excluding hydrogens is 396 g/mol. The monoisotopic (exact) mass is 422 g/mol. The fourth-order valence-electron chi connectivity index (χ4n) is 3.80. The number of carbonyl (C=O) groups is 1. The molecule has 0 saturated carbocycles. The van der Waals surface area contributed by atoms with Gasteiger partial charge in [-0.15, -0.1) is 11.3 Å². The number of hydrogen-bond acceptors (Lipinski definition) is 5. The van der Waals surface area contributed by atoms with Crippen LogP contribution in [0.2, 0.25) is 0 Å². The minimum absolute atomic E-state index is 0.000365. The molecule has 3 aromatic rings. The third kappa shape index (κ3) is 4.49. The number of nitrogens with zero attached hydrogens (tertiary/aromatic N) is 2. The molecule has 156 valence electrons. The van der Waals surface area contributed by atoms with Gasteiger partial charge in [0.15, 0.2) is 18.1 Å². The van der Waals surface area contributed by atoms with E-state index < -0.39 is 0 Å². The van der Waals surface area contributed by atoms with E-state index in [0.29, 0.717) is 18.0 Å². The number of hydrogen-bond donors (Lipinski definition) is 0. The van der Waals surface area contributed by atoms with Gasteiger partial charge in [0.2, 0.25) is 0 Å². The lowest BCUT2D eigenvalue weighted by atomic mass is 9.99. The van der Waals surface area contributed by atoms with Crippen LogP contribution in [0, 0.1) is 0 Å². The van der Waals surface area contributed by atoms with E-state index in [0.717, 1.165) is 35.5 Å². The van der Waals surface area contributed by atoms with Gasteiger partial charge < -0.3 is 14.4 Å². The number of rotatable bonds is 6. The van der Waals surface area contributed by atoms with Crippen LogP contribution in [0.1, 0.15) is 36.3 Å². The van der Waals surface area contributed by atoms with Gasteiger partial charge in [0.05, 0.1) is 22.3 Å². The quantitative estimate of drug-likeness (QED) is 0.553. The van der Waals surface area contributed by atoms with E-state index in [-0.39, 0.29) is 18.4 Å². The Kier molecular flexibility index (Phi) is 6.33. The Hall–Kier alpha value is -2.86. The number of allylic oxidation sites excluding steroid dienone is 1. The van der Waals surface area contributed by atoms with Gasteiger partial charge in [-0.2, -0.15) is 0 Å². The number of para-hydroxylation sites is 1. The number of methoxy groups -OCH3 is 1. The van der Waals surface area contributed by atoms with Crippen molar-refractivity contribution >= 4 is 33.5 Å². The lowest BCUT2D eigenvalue weighted by Crippen LogP contribution is -2.41. The van der Waals surface area contributed by atoms with Crippen LogP contribution < -0.4 is 9.47 Å². The van der Waals surface area contributed by atoms with Gasteiger partial charge in [0.25, 0.3) is 5.91 Å². The van der Waals surface area contributed by atoms with Gasteiger partial charge in [-0.25, -0.2) is 4.98 Å². The predicted molar refractivity (Wildman–Crippen MR) is 121 cm³/mol. The van der Waals surface area contributed by atoms with Gasteiger partial charge in [-0.1, -0.05) is 30.4 Å². The first-order chi connectivity index (χ1) is 14.7. The minimum Gasteiger partial charge on any atom is -0.493 e. The number of likely N-dealkylation sites (tertiary alicyclic amines) is 1. The molecule has 1 aliphatic rings. The zero-order chi connectivity index (χ0) is 20.9. The van der Waals surface area contributed by atoms with E-state index >= 15 is 0 Å². The van der Waals surface area contributed by atoms with Crippen LogP contribution in [0.4, 0.5) is 0 Å². The van der Waals surface area contributed by atoms with Crippen LogP contribution in [0.15, 0.2) is 48.5 Å². The predicted octanol–water partition coefficient (Wildman–Crippen LogP) is 5.12. The number of piperidine rings is 1. The molecule has 0 N–H and O–H groups in total. The van der Waals surface area contributed by atoms with Gasteiger partial charge in [-0.05, 0) is 49.6 Å². The lowest BCUT2D eigenvalue weighted by Gasteiger charge is -2.31. The Labute approximate surface area is 180 Å². The molecule has 1 atom stereocenters. The number of carbonyl (C=O) groups excluding carboxylic acids is 1. The Morgan fingerprint density at radius 1 is 1.27 bits per heavy atom. The average molecular weight is 423 g/mol. The Morgan fingerprint density at radius 3 is 2.93 bits per heavy atom. The fraction of sp³-hybridized carbons (Fsp3) is 0.333. The molecule has 4 rings (SSSR count). The van der Waals surface area contributed by atoms with Crippen LogP contribution >= 0.6 is 11.3 Å². The van der Waals surface area contributed by atoms with E-state index in [1.54, 1.807) is 18.4 Å². The third-order valence-corrected chi connectivity index (χ3v) is 6.53. The van der Waals surface area contributed by atoms with Crippen molar-refractivity contribution in [1.82, 2.24) is 9.88 Å². The Bertz CT molecular complexity index is 1030. The summed E-state index contributed by atoms with van der Waals surface area (Å²) in [7, 11) is 1.61. The molecule has 1 saturated heterocycles. The van der Waals surface area contributed by atoms with Crippen LogP contribution in [-0.2, 0) is 4.79 Å². The maximum Gasteiger partial charge on any atom is 0.260 e. The second-order valence-electron chi connectivity index (χ2n) is 7.40. The molecule has 2 aromatic carbocycles. The lowest BCUT2D eigenvalue weighted by molar-refractivity contribution is -0.134. The summed E-state index contributed by atoms with van der Waals surface area (Å²) in [6.45, 7) is 3.43. The Balaban J connectivity index is 1.40. The number of thiazole rings is 1. The summed E-state index contributed by atoms with van der Waals surface area (Å²) in [6.07, 6.45) is 6.00. The Morgan fingerprint density at radius 2 is 2.13 bits per heavy atom. The highest BCUT2D eigenvalue weighted by molar-refractivity contribution is 7.18. The smallest absolute Gasteiger partial charge is 0.260 e. The van der Waals surface area contributed by atoms with Crippen molar-refractivity contribution in [3.63, 3.8) is 0 Å². The minimum atomic E-state index is 0.000365. The molecular formula is C24H26N2O3S. The number of benzene rings is 2. The molecule has 1 aromatic heterocycles. The second kappa shape index (κ2) is 9.30. The number of aromatic nitrogens is 1. The summed E-state index contributed by atoms with van der Waals surface area (Å²) >= 11 is 1.74. The van der Waals surface area contributed by atoms with Crippen LogP contribution in [0.3, 0.4) is 0 Å². The SMILES string of the molecule is C/C=C/c1ccc(OCC(=O)N2CCC[C@@H](c3nc4ccccc4s3)C2)c(OC)c1. The molecule has 0 aliphatic carbocycles. The van der Waals surface area contributed by atoms with E-state index in [9.17, 15) is 4.79 Å². The first-order valence-corrected chi connectivity index (χ1v) is 11.1. The van der Waals surface area contributed by atoms with Crippen molar-refractivity contribution in [2.24, 2.45) is 0 Å². The first kappa shape index (κ1) is 20.4. The van der Waals surface area contributed by atoms with E-state index in [4.69, 9.17) is 14.5 Å². The molecule has 0 spiro atoms. The summed E-state index contributed by atoms with van der Waals surface area (Å²) in [5, 5.41) is 1.12. The second-order valence-corrected chi connectivity index (χ2v) is 8.46. The normalized spacial score (nSPS) is 16.9. The number of fused-ring (bicyclic) bond motifs is 1. The summed E-state index contributed by atoms with van der Waals surface area (Å²) < 4.78 is 12.4. The first-order valence-electron chi connectivity index (χ1n) is 10.2. The van der Waals surface area contributed by atoms with Crippen molar-refractivity contribution in [2.75, 3.05) is 26.8 Å². The molecule has 0 unspecified atom stereocenters. The van der Waals surface area contributed by atoms with Gasteiger partial charge in [0, 0.05) is 19.0 Å². The van der Waals surface area contributed by atoms with E-state index in [1.807, 2.05) is 60.4 Å². The molecule has 1 fully saturated rings. The van der Waals surface area contributed by atoms with E-state index in [2.05, 4.69) is 6.07 Å². The highest BCUT2D eigenvalue weighted by Gasteiger charge is 2.27. The third-order valence-electron chi connectivity index (χ3n) is 5.33. The number of ether oxygens (including phenoxy) is 2.